The van der Waals surface area contributed by atoms with Crippen molar-refractivity contribution in [2.45, 2.75) is 17.9 Å². The average molecular weight is 360 g/mol. The van der Waals surface area contributed by atoms with Crippen molar-refractivity contribution in [2.24, 2.45) is 0 Å². The second-order valence-electron chi connectivity index (χ2n) is 3.93. The van der Waals surface area contributed by atoms with Gasteiger partial charge in [-0.15, -0.1) is 0 Å². The first-order valence-electron chi connectivity index (χ1n) is 5.61. The smallest absolute Gasteiger partial charge is 0.376 e. The first kappa shape index (κ1) is 16.8. The van der Waals surface area contributed by atoms with Crippen LogP contribution in [0.4, 0.5) is 5.69 Å². The standard InChI is InChI=1S/C12H10BrNO7/c13-9(5-10(15)16)11(17)12(18)21-6-7-1-3-8(4-2-7)14(19)20/h1-4,9H,5-6H2,(H,15,16). The van der Waals surface area contributed by atoms with Gasteiger partial charge in [-0.25, -0.2) is 4.79 Å². The number of hydrogen-bond acceptors (Lipinski definition) is 6. The minimum Gasteiger partial charge on any atom is -0.481 e. The molecular formula is C12H10BrNO7. The van der Waals surface area contributed by atoms with Gasteiger partial charge in [0.1, 0.15) is 6.61 Å². The highest BCUT2D eigenvalue weighted by atomic mass is 79.9. The molecule has 1 unspecified atom stereocenters. The van der Waals surface area contributed by atoms with E-state index in [2.05, 4.69) is 15.9 Å². The zero-order valence-electron chi connectivity index (χ0n) is 10.5. The van der Waals surface area contributed by atoms with Crippen molar-refractivity contribution in [3.63, 3.8) is 0 Å². The molecule has 0 aromatic heterocycles. The Labute approximate surface area is 127 Å². The molecule has 21 heavy (non-hydrogen) atoms. The maximum atomic E-state index is 11.5. The highest BCUT2D eigenvalue weighted by molar-refractivity contribution is 9.10. The number of hydrogen-bond donors (Lipinski definition) is 1. The average Bonchev–Trinajstić information content (AvgIpc) is 2.43. The molecule has 0 saturated carbocycles. The Morgan fingerprint density at radius 1 is 1.29 bits per heavy atom. The Morgan fingerprint density at radius 2 is 1.86 bits per heavy atom. The van der Waals surface area contributed by atoms with E-state index in [4.69, 9.17) is 9.84 Å². The van der Waals surface area contributed by atoms with Crippen LogP contribution in [-0.4, -0.2) is 32.6 Å². The van der Waals surface area contributed by atoms with E-state index in [0.717, 1.165) is 0 Å². The maximum absolute atomic E-state index is 11.5. The van der Waals surface area contributed by atoms with E-state index in [1.807, 2.05) is 0 Å². The van der Waals surface area contributed by atoms with Gasteiger partial charge in [-0.1, -0.05) is 15.9 Å². The fourth-order valence-corrected chi connectivity index (χ4v) is 1.77. The third-order valence-electron chi connectivity index (χ3n) is 2.36. The molecule has 0 heterocycles. The number of ketones is 1. The van der Waals surface area contributed by atoms with Crippen molar-refractivity contribution < 1.29 is 29.2 Å². The van der Waals surface area contributed by atoms with Gasteiger partial charge >= 0.3 is 11.9 Å². The monoisotopic (exact) mass is 359 g/mol. The van der Waals surface area contributed by atoms with E-state index < -0.39 is 33.9 Å². The summed E-state index contributed by atoms with van der Waals surface area (Å²) in [4.78, 5) is 42.0. The van der Waals surface area contributed by atoms with E-state index in [0.29, 0.717) is 5.56 Å². The number of alkyl halides is 1. The highest BCUT2D eigenvalue weighted by Crippen LogP contribution is 2.13. The molecule has 0 radical (unpaired) electrons. The number of ether oxygens (including phenoxy) is 1. The fraction of sp³-hybridized carbons (Fsp3) is 0.250. The molecule has 1 atom stereocenters. The van der Waals surface area contributed by atoms with Gasteiger partial charge in [0, 0.05) is 12.1 Å². The number of nitro groups is 1. The number of carbonyl (C=O) groups is 3. The van der Waals surface area contributed by atoms with Crippen molar-refractivity contribution in [2.75, 3.05) is 0 Å². The number of carboxylic acid groups (broad SMARTS) is 1. The van der Waals surface area contributed by atoms with Gasteiger partial charge in [0.25, 0.3) is 11.5 Å². The number of rotatable bonds is 7. The first-order chi connectivity index (χ1) is 9.81. The van der Waals surface area contributed by atoms with Crippen molar-refractivity contribution in [1.82, 2.24) is 0 Å². The Bertz CT molecular complexity index is 569. The van der Waals surface area contributed by atoms with Crippen molar-refractivity contribution in [3.8, 4) is 0 Å². The van der Waals surface area contributed by atoms with Crippen LogP contribution in [0.1, 0.15) is 12.0 Å². The summed E-state index contributed by atoms with van der Waals surface area (Å²) >= 11 is 2.79. The van der Waals surface area contributed by atoms with Crippen LogP contribution in [0.15, 0.2) is 24.3 Å². The summed E-state index contributed by atoms with van der Waals surface area (Å²) in [6.45, 7) is -0.241. The van der Waals surface area contributed by atoms with Crippen LogP contribution in [0, 0.1) is 10.1 Å². The lowest BCUT2D eigenvalue weighted by Crippen LogP contribution is -2.27. The molecule has 112 valence electrons. The minimum absolute atomic E-state index is 0.108. The number of esters is 1. The van der Waals surface area contributed by atoms with Crippen LogP contribution in [-0.2, 0) is 25.7 Å². The van der Waals surface area contributed by atoms with E-state index >= 15 is 0 Å². The summed E-state index contributed by atoms with van der Waals surface area (Å²) < 4.78 is 4.71. The molecule has 0 bridgehead atoms. The molecule has 1 N–H and O–H groups in total. The molecule has 8 nitrogen and oxygen atoms in total. The van der Waals surface area contributed by atoms with Gasteiger partial charge in [-0.3, -0.25) is 19.7 Å². The molecule has 1 aromatic carbocycles. The highest BCUT2D eigenvalue weighted by Gasteiger charge is 2.26. The largest absolute Gasteiger partial charge is 0.481 e. The number of carbonyl (C=O) groups excluding carboxylic acids is 2. The number of nitrogens with zero attached hydrogens (tertiary/aromatic N) is 1. The first-order valence-corrected chi connectivity index (χ1v) is 6.53. The van der Waals surface area contributed by atoms with Gasteiger partial charge in [-0.2, -0.15) is 0 Å². The third-order valence-corrected chi connectivity index (χ3v) is 3.10. The number of benzene rings is 1. The van der Waals surface area contributed by atoms with Crippen LogP contribution in [0.2, 0.25) is 0 Å². The second kappa shape index (κ2) is 7.48. The molecule has 0 aliphatic heterocycles. The summed E-state index contributed by atoms with van der Waals surface area (Å²) in [5, 5.41) is 19.0. The lowest BCUT2D eigenvalue weighted by atomic mass is 10.2. The zero-order valence-corrected chi connectivity index (χ0v) is 12.1. The molecule has 1 aromatic rings. The molecule has 0 fully saturated rings. The number of carboxylic acids is 1. The third kappa shape index (κ3) is 5.30. The zero-order chi connectivity index (χ0) is 16.0. The molecule has 0 spiro atoms. The summed E-state index contributed by atoms with van der Waals surface area (Å²) in [7, 11) is 0. The summed E-state index contributed by atoms with van der Waals surface area (Å²) in [5.74, 6) is -3.40. The van der Waals surface area contributed by atoms with Crippen molar-refractivity contribution in [1.29, 1.82) is 0 Å². The number of halogens is 1. The van der Waals surface area contributed by atoms with E-state index in [1.54, 1.807) is 0 Å². The Morgan fingerprint density at radius 3 is 2.33 bits per heavy atom. The molecular weight excluding hydrogens is 350 g/mol. The predicted octanol–water partition coefficient (Wildman–Crippen LogP) is 1.45. The summed E-state index contributed by atoms with van der Waals surface area (Å²) in [5.41, 5.74) is 0.356. The van der Waals surface area contributed by atoms with Crippen LogP contribution in [0.5, 0.6) is 0 Å². The number of nitro benzene ring substituents is 1. The van der Waals surface area contributed by atoms with Crippen LogP contribution in [0.25, 0.3) is 0 Å². The number of Topliss-reactive ketones (excluding diaryl/α,β-unsaturated/α-hetero) is 1. The fourth-order valence-electron chi connectivity index (χ4n) is 1.31. The Balaban J connectivity index is 2.54. The van der Waals surface area contributed by atoms with E-state index in [1.165, 1.54) is 24.3 Å². The molecule has 9 heteroatoms. The molecule has 0 aliphatic rings. The Hall–Kier alpha value is -2.29. The SMILES string of the molecule is O=C(O)CC(Br)C(=O)C(=O)OCc1ccc([N+](=O)[O-])cc1. The summed E-state index contributed by atoms with van der Waals surface area (Å²) in [6, 6.07) is 5.25. The van der Waals surface area contributed by atoms with Gasteiger partial charge < -0.3 is 9.84 Å². The van der Waals surface area contributed by atoms with E-state index in [9.17, 15) is 24.5 Å². The van der Waals surface area contributed by atoms with Gasteiger partial charge in [0.2, 0.25) is 0 Å². The molecule has 0 saturated heterocycles. The van der Waals surface area contributed by atoms with E-state index in [-0.39, 0.29) is 12.3 Å². The molecule has 0 aliphatic carbocycles. The minimum atomic E-state index is -1.23. The molecule has 0 amide bonds. The van der Waals surface area contributed by atoms with Crippen molar-refractivity contribution in [3.05, 3.63) is 39.9 Å². The van der Waals surface area contributed by atoms with Gasteiger partial charge in [-0.05, 0) is 17.7 Å². The quantitative estimate of drug-likeness (QED) is 0.257. The normalized spacial score (nSPS) is 11.5. The molecule has 1 rings (SSSR count). The van der Waals surface area contributed by atoms with Gasteiger partial charge in [0.05, 0.1) is 16.2 Å². The van der Waals surface area contributed by atoms with Crippen LogP contribution < -0.4 is 0 Å². The van der Waals surface area contributed by atoms with Gasteiger partial charge in [0.15, 0.2) is 0 Å². The van der Waals surface area contributed by atoms with Crippen LogP contribution in [0.3, 0.4) is 0 Å². The lowest BCUT2D eigenvalue weighted by Gasteiger charge is -2.07. The number of non-ortho nitro benzene ring substituents is 1. The van der Waals surface area contributed by atoms with Crippen LogP contribution >= 0.6 is 15.9 Å². The van der Waals surface area contributed by atoms with Crippen molar-refractivity contribution >= 4 is 39.3 Å². The summed E-state index contributed by atoms with van der Waals surface area (Å²) in [6.07, 6.45) is -0.536. The maximum Gasteiger partial charge on any atom is 0.376 e. The lowest BCUT2D eigenvalue weighted by molar-refractivity contribution is -0.384. The Kier molecular flexibility index (Phi) is 5.97. The predicted molar refractivity (Wildman–Crippen MR) is 72.9 cm³/mol. The topological polar surface area (TPSA) is 124 Å². The number of aliphatic carboxylic acids is 1. The second-order valence-corrected chi connectivity index (χ2v) is 5.03.